The minimum absolute atomic E-state index is 0. The van der Waals surface area contributed by atoms with Crippen molar-refractivity contribution in [2.75, 3.05) is 13.2 Å². The van der Waals surface area contributed by atoms with Gasteiger partial charge in [-0.25, -0.2) is 4.57 Å². The van der Waals surface area contributed by atoms with E-state index in [2.05, 4.69) is 4.52 Å². The molecule has 0 radical (unpaired) electrons. The van der Waals surface area contributed by atoms with Gasteiger partial charge in [-0.3, -0.25) is 4.52 Å². The molecular formula is C3H15Na2O8P. The number of phosphoric ester groups is 1. The van der Waals surface area contributed by atoms with Crippen molar-refractivity contribution < 1.29 is 102 Å². The number of aliphatic hydroxyl groups is 2. The number of aliphatic hydroxyl groups excluding tert-OH is 2. The van der Waals surface area contributed by atoms with Crippen molar-refractivity contribution >= 4 is 7.82 Å². The van der Waals surface area contributed by atoms with Crippen LogP contribution in [0.5, 0.6) is 0 Å². The smallest absolute Gasteiger partial charge is 1.00 e. The van der Waals surface area contributed by atoms with E-state index in [4.69, 9.17) is 20.0 Å². The van der Waals surface area contributed by atoms with Crippen molar-refractivity contribution in [3.8, 4) is 0 Å². The van der Waals surface area contributed by atoms with Gasteiger partial charge in [-0.05, 0) is 0 Å². The molecule has 0 aliphatic rings. The third-order valence-electron chi connectivity index (χ3n) is 0.646. The van der Waals surface area contributed by atoms with E-state index in [1.54, 1.807) is 0 Å². The molecule has 0 bridgehead atoms. The summed E-state index contributed by atoms with van der Waals surface area (Å²) in [4.78, 5) is 16.1. The summed E-state index contributed by atoms with van der Waals surface area (Å²) in [6.07, 6.45) is -1.24. The maximum atomic E-state index is 9.93. The van der Waals surface area contributed by atoms with Gasteiger partial charge < -0.3 is 33.8 Å². The Morgan fingerprint density at radius 1 is 1.29 bits per heavy atom. The molecule has 0 fully saturated rings. The fourth-order valence-electron chi connectivity index (χ4n) is 0.236. The first-order valence-electron chi connectivity index (χ1n) is 2.44. The van der Waals surface area contributed by atoms with E-state index in [0.29, 0.717) is 0 Å². The maximum Gasteiger partial charge on any atom is 1.00 e. The zero-order valence-corrected chi connectivity index (χ0v) is 12.9. The van der Waals surface area contributed by atoms with Gasteiger partial charge in [0.05, 0.1) is 13.2 Å². The second-order valence-corrected chi connectivity index (χ2v) is 2.86. The van der Waals surface area contributed by atoms with Gasteiger partial charge >= 0.3 is 66.9 Å². The predicted octanol–water partition coefficient (Wildman–Crippen LogP) is -8.97. The Morgan fingerprint density at radius 2 is 1.64 bits per heavy atom. The van der Waals surface area contributed by atoms with Gasteiger partial charge in [-0.2, -0.15) is 0 Å². The fraction of sp³-hybridized carbons (Fsp3) is 1.00. The Hall–Kier alpha value is 1.95. The van der Waals surface area contributed by atoms with Crippen molar-refractivity contribution in [1.29, 1.82) is 0 Å². The van der Waals surface area contributed by atoms with E-state index in [-0.39, 0.29) is 72.9 Å². The van der Waals surface area contributed by atoms with Gasteiger partial charge in [0.15, 0.2) is 0 Å². The molecule has 14 heavy (non-hydrogen) atoms. The van der Waals surface area contributed by atoms with Crippen LogP contribution >= 0.6 is 7.82 Å². The first kappa shape index (κ1) is 29.7. The predicted molar refractivity (Wildman–Crippen MR) is 40.5 cm³/mol. The van der Waals surface area contributed by atoms with Gasteiger partial charge in [0.25, 0.3) is 0 Å². The summed E-state index contributed by atoms with van der Waals surface area (Å²) in [5.41, 5.74) is 0. The molecule has 1 unspecified atom stereocenters. The van der Waals surface area contributed by atoms with Crippen LogP contribution in [0, 0.1) is 0 Å². The Labute approximate surface area is 128 Å². The van der Waals surface area contributed by atoms with Crippen molar-refractivity contribution in [1.82, 2.24) is 0 Å². The molecule has 82 valence electrons. The molecule has 0 saturated carbocycles. The Balaban J connectivity index is -0.0000000270. The largest absolute Gasteiger partial charge is 1.00 e. The van der Waals surface area contributed by atoms with E-state index in [1.807, 2.05) is 0 Å². The molecule has 1 atom stereocenters. The minimum Gasteiger partial charge on any atom is -1.00 e. The summed E-state index contributed by atoms with van der Waals surface area (Å²) in [6, 6.07) is 0. The van der Waals surface area contributed by atoms with Crippen molar-refractivity contribution in [2.24, 2.45) is 0 Å². The van der Waals surface area contributed by atoms with E-state index in [0.717, 1.165) is 0 Å². The molecule has 0 aromatic rings. The third kappa shape index (κ3) is 23.6. The van der Waals surface area contributed by atoms with Gasteiger partial charge in [-0.15, -0.1) is 0 Å². The second-order valence-electron chi connectivity index (χ2n) is 1.62. The van der Waals surface area contributed by atoms with E-state index in [1.165, 1.54) is 0 Å². The summed E-state index contributed by atoms with van der Waals surface area (Å²) in [7, 11) is -4.50. The van der Waals surface area contributed by atoms with Crippen LogP contribution in [0.3, 0.4) is 0 Å². The van der Waals surface area contributed by atoms with Crippen molar-refractivity contribution in [3.63, 3.8) is 0 Å². The maximum absolute atomic E-state index is 9.93. The molecule has 0 rings (SSSR count). The quantitative estimate of drug-likeness (QED) is 0.287. The second kappa shape index (κ2) is 14.9. The SMILES string of the molecule is O.O.O=P(O)(O)OCC(O)CO.[H-].[H-].[Na+].[Na+]. The van der Waals surface area contributed by atoms with Crippen LogP contribution in [0.15, 0.2) is 0 Å². The molecule has 0 spiro atoms. The molecule has 0 saturated heterocycles. The van der Waals surface area contributed by atoms with Gasteiger partial charge in [0.1, 0.15) is 6.10 Å². The number of hydrogen-bond acceptors (Lipinski definition) is 4. The van der Waals surface area contributed by atoms with Crippen LogP contribution in [-0.2, 0) is 9.09 Å². The average Bonchev–Trinajstić information content (AvgIpc) is 1.81. The number of rotatable bonds is 4. The molecular weight excluding hydrogens is 241 g/mol. The number of phosphoric acid groups is 1. The minimum atomic E-state index is -4.50. The molecule has 8 N–H and O–H groups in total. The van der Waals surface area contributed by atoms with Gasteiger partial charge in [0.2, 0.25) is 0 Å². The molecule has 0 aliphatic carbocycles. The molecule has 11 heteroatoms. The average molecular weight is 256 g/mol. The molecule has 0 heterocycles. The zero-order valence-electron chi connectivity index (χ0n) is 10.0. The third-order valence-corrected chi connectivity index (χ3v) is 1.13. The standard InChI is InChI=1S/C3H9O6P.2Na.2H2O.2H/c4-1-3(5)2-9-10(6,7)8;;;;;;/h3-5H,1-2H2,(H2,6,7,8);;;2*1H2;;/q;2*+1;;;2*-1. The first-order chi connectivity index (χ1) is 4.45. The van der Waals surface area contributed by atoms with Crippen LogP contribution in [0.25, 0.3) is 0 Å². The summed E-state index contributed by atoms with van der Waals surface area (Å²) in [6.45, 7) is -1.15. The van der Waals surface area contributed by atoms with Crippen LogP contribution in [-0.4, -0.2) is 50.3 Å². The molecule has 0 aliphatic heterocycles. The normalized spacial score (nSPS) is 10.9. The van der Waals surface area contributed by atoms with E-state index < -0.39 is 27.1 Å². The molecule has 0 aromatic carbocycles. The van der Waals surface area contributed by atoms with Crippen molar-refractivity contribution in [2.45, 2.75) is 6.10 Å². The Morgan fingerprint density at radius 3 is 1.86 bits per heavy atom. The van der Waals surface area contributed by atoms with Crippen LogP contribution in [0.1, 0.15) is 2.85 Å². The van der Waals surface area contributed by atoms with Gasteiger partial charge in [0, 0.05) is 0 Å². The summed E-state index contributed by atoms with van der Waals surface area (Å²) in [5.74, 6) is 0. The summed E-state index contributed by atoms with van der Waals surface area (Å²) in [5, 5.41) is 16.7. The summed E-state index contributed by atoms with van der Waals surface area (Å²) < 4.78 is 13.8. The topological polar surface area (TPSA) is 170 Å². The Kier molecular flexibility index (Phi) is 31.7. The van der Waals surface area contributed by atoms with Crippen LogP contribution < -0.4 is 59.1 Å². The zero-order chi connectivity index (χ0) is 8.20. The first-order valence-corrected chi connectivity index (χ1v) is 3.98. The van der Waals surface area contributed by atoms with E-state index in [9.17, 15) is 4.57 Å². The Bertz CT molecular complexity index is 147. The molecule has 8 nitrogen and oxygen atoms in total. The molecule has 0 aromatic heterocycles. The van der Waals surface area contributed by atoms with Crippen molar-refractivity contribution in [3.05, 3.63) is 0 Å². The molecule has 0 amide bonds. The van der Waals surface area contributed by atoms with E-state index >= 15 is 0 Å². The van der Waals surface area contributed by atoms with Crippen LogP contribution in [0.4, 0.5) is 0 Å². The van der Waals surface area contributed by atoms with Crippen LogP contribution in [0.2, 0.25) is 0 Å². The monoisotopic (exact) mass is 256 g/mol. The summed E-state index contributed by atoms with van der Waals surface area (Å²) >= 11 is 0. The number of hydrogen-bond donors (Lipinski definition) is 4. The van der Waals surface area contributed by atoms with Gasteiger partial charge in [-0.1, -0.05) is 0 Å². The fourth-order valence-corrected chi connectivity index (χ4v) is 0.602.